The van der Waals surface area contributed by atoms with Gasteiger partial charge in [0.1, 0.15) is 5.56 Å². The molecule has 0 bridgehead atoms. The number of aromatic amines is 1. The maximum absolute atomic E-state index is 12.6. The Morgan fingerprint density at radius 2 is 1.97 bits per heavy atom. The van der Waals surface area contributed by atoms with Gasteiger partial charge in [0.15, 0.2) is 0 Å². The van der Waals surface area contributed by atoms with E-state index in [1.165, 1.54) is 29.7 Å². The van der Waals surface area contributed by atoms with Crippen molar-refractivity contribution < 1.29 is 14.8 Å². The summed E-state index contributed by atoms with van der Waals surface area (Å²) >= 11 is 0. The molecule has 0 spiro atoms. The van der Waals surface area contributed by atoms with Crippen LogP contribution in [0.3, 0.4) is 0 Å². The van der Waals surface area contributed by atoms with Crippen LogP contribution in [-0.2, 0) is 4.79 Å². The zero-order valence-corrected chi connectivity index (χ0v) is 17.5. The molecule has 1 aromatic heterocycles. The zero-order valence-electron chi connectivity index (χ0n) is 17.5. The zero-order chi connectivity index (χ0) is 23.0. The molecule has 0 radical (unpaired) electrons. The van der Waals surface area contributed by atoms with Crippen LogP contribution in [0.5, 0.6) is 5.88 Å². The number of hydrogen-bond donors (Lipinski definition) is 2. The van der Waals surface area contributed by atoms with Gasteiger partial charge in [-0.25, -0.2) is 9.80 Å². The number of nitro groups is 1. The summed E-state index contributed by atoms with van der Waals surface area (Å²) in [5, 5.41) is 27.5. The Morgan fingerprint density at radius 1 is 1.25 bits per heavy atom. The second-order valence-electron chi connectivity index (χ2n) is 8.10. The van der Waals surface area contributed by atoms with Crippen LogP contribution in [0, 0.1) is 10.1 Å². The van der Waals surface area contributed by atoms with Crippen LogP contribution < -0.4 is 11.2 Å². The van der Waals surface area contributed by atoms with Gasteiger partial charge in [0.25, 0.3) is 11.2 Å². The molecule has 1 amide bonds. The number of benzene rings is 1. The van der Waals surface area contributed by atoms with Crippen LogP contribution in [0.15, 0.2) is 39.0 Å². The average molecular weight is 441 g/mol. The molecule has 0 saturated heterocycles. The molecule has 1 saturated carbocycles. The molecule has 11 nitrogen and oxygen atoms in total. The SMILES string of the molecule is CC(=O)N1N=C(c2c(O)n(C3CCCCC3)c(=O)[nH]c2=O)CC1c1cccc([N+](=O)[O-])c1. The Hall–Kier alpha value is -3.76. The smallest absolute Gasteiger partial charge is 0.331 e. The van der Waals surface area contributed by atoms with Crippen LogP contribution in [0.1, 0.15) is 68.7 Å². The molecular formula is C21H23N5O6. The number of nitrogens with one attached hydrogen (secondary N) is 1. The number of hydrogen-bond acceptors (Lipinski definition) is 7. The summed E-state index contributed by atoms with van der Waals surface area (Å²) in [6.45, 7) is 1.30. The van der Waals surface area contributed by atoms with Gasteiger partial charge in [-0.3, -0.25) is 29.3 Å². The lowest BCUT2D eigenvalue weighted by atomic mass is 9.95. The molecule has 11 heteroatoms. The minimum atomic E-state index is -0.790. The van der Waals surface area contributed by atoms with Gasteiger partial charge in [-0.2, -0.15) is 5.10 Å². The Bertz CT molecular complexity index is 1220. The standard InChI is InChI=1S/C21H23N5O6/c1-12(27)25-17(13-6-5-9-15(10-13)26(31)32)11-16(23-25)18-19(28)22-21(30)24(20(18)29)14-7-3-2-4-8-14/h5-6,9-10,14,17,29H,2-4,7-8,11H2,1H3,(H,22,28,30). The van der Waals surface area contributed by atoms with Crippen molar-refractivity contribution in [3.63, 3.8) is 0 Å². The highest BCUT2D eigenvalue weighted by Crippen LogP contribution is 2.36. The third-order valence-electron chi connectivity index (χ3n) is 6.05. The van der Waals surface area contributed by atoms with Gasteiger partial charge < -0.3 is 5.11 Å². The maximum atomic E-state index is 12.6. The maximum Gasteiger partial charge on any atom is 0.331 e. The molecule has 2 N–H and O–H groups in total. The first-order valence-corrected chi connectivity index (χ1v) is 10.5. The van der Waals surface area contributed by atoms with Crippen molar-refractivity contribution >= 4 is 17.3 Å². The summed E-state index contributed by atoms with van der Waals surface area (Å²) < 4.78 is 1.21. The molecule has 2 heterocycles. The fourth-order valence-corrected chi connectivity index (χ4v) is 4.53. The summed E-state index contributed by atoms with van der Waals surface area (Å²) in [6, 6.07) is 4.93. The van der Waals surface area contributed by atoms with Crippen LogP contribution >= 0.6 is 0 Å². The minimum absolute atomic E-state index is 0.0558. The summed E-state index contributed by atoms with van der Waals surface area (Å²) in [5.74, 6) is -0.888. The molecule has 1 aliphatic heterocycles. The van der Waals surface area contributed by atoms with Crippen molar-refractivity contribution in [2.45, 2.75) is 57.5 Å². The molecule has 1 fully saturated rings. The summed E-state index contributed by atoms with van der Waals surface area (Å²) in [4.78, 5) is 50.2. The summed E-state index contributed by atoms with van der Waals surface area (Å²) in [5.41, 5.74) is -1.15. The highest BCUT2D eigenvalue weighted by Gasteiger charge is 2.35. The lowest BCUT2D eigenvalue weighted by molar-refractivity contribution is -0.384. The van der Waals surface area contributed by atoms with Crippen molar-refractivity contribution in [2.24, 2.45) is 5.10 Å². The molecule has 1 aromatic carbocycles. The number of aromatic nitrogens is 2. The van der Waals surface area contributed by atoms with E-state index in [9.17, 15) is 29.6 Å². The first kappa shape index (κ1) is 21.5. The van der Waals surface area contributed by atoms with Crippen LogP contribution in [0.4, 0.5) is 5.69 Å². The molecule has 1 atom stereocenters. The molecule has 2 aliphatic rings. The van der Waals surface area contributed by atoms with E-state index in [-0.39, 0.29) is 29.4 Å². The van der Waals surface area contributed by atoms with Gasteiger partial charge in [-0.05, 0) is 18.4 Å². The topological polar surface area (TPSA) is 151 Å². The van der Waals surface area contributed by atoms with Crippen molar-refractivity contribution in [2.75, 3.05) is 0 Å². The highest BCUT2D eigenvalue weighted by atomic mass is 16.6. The summed E-state index contributed by atoms with van der Waals surface area (Å²) in [6.07, 6.45) is 4.36. The Labute approximate surface area is 182 Å². The number of H-pyrrole nitrogens is 1. The molecular weight excluding hydrogens is 418 g/mol. The first-order chi connectivity index (χ1) is 15.3. The number of hydrazone groups is 1. The number of nitro benzene ring substituents is 1. The highest BCUT2D eigenvalue weighted by molar-refractivity contribution is 6.04. The Kier molecular flexibility index (Phi) is 5.64. The van der Waals surface area contributed by atoms with Gasteiger partial charge >= 0.3 is 5.69 Å². The lowest BCUT2D eigenvalue weighted by Gasteiger charge is -2.25. The normalized spacial score (nSPS) is 19.1. The molecule has 1 aliphatic carbocycles. The minimum Gasteiger partial charge on any atom is -0.494 e. The molecule has 168 valence electrons. The Morgan fingerprint density at radius 3 is 2.62 bits per heavy atom. The number of non-ortho nitro benzene ring substituents is 1. The molecule has 2 aromatic rings. The largest absolute Gasteiger partial charge is 0.494 e. The monoisotopic (exact) mass is 441 g/mol. The summed E-state index contributed by atoms with van der Waals surface area (Å²) in [7, 11) is 0. The first-order valence-electron chi connectivity index (χ1n) is 10.5. The number of carbonyl (C=O) groups is 1. The van der Waals surface area contributed by atoms with Crippen molar-refractivity contribution in [3.05, 3.63) is 66.3 Å². The van der Waals surface area contributed by atoms with E-state index in [0.717, 1.165) is 24.3 Å². The quantitative estimate of drug-likeness (QED) is 0.549. The predicted molar refractivity (Wildman–Crippen MR) is 115 cm³/mol. The predicted octanol–water partition coefficient (Wildman–Crippen LogP) is 2.35. The van der Waals surface area contributed by atoms with Crippen molar-refractivity contribution in [3.8, 4) is 5.88 Å². The Balaban J connectivity index is 1.77. The van der Waals surface area contributed by atoms with E-state index in [1.807, 2.05) is 0 Å². The van der Waals surface area contributed by atoms with E-state index in [2.05, 4.69) is 10.1 Å². The van der Waals surface area contributed by atoms with E-state index in [0.29, 0.717) is 18.4 Å². The second-order valence-corrected chi connectivity index (χ2v) is 8.10. The third kappa shape index (κ3) is 3.81. The number of carbonyl (C=O) groups excluding carboxylic acids is 1. The van der Waals surface area contributed by atoms with Gasteiger partial charge in [0.05, 0.1) is 16.7 Å². The van der Waals surface area contributed by atoms with Gasteiger partial charge in [-0.15, -0.1) is 0 Å². The second kappa shape index (κ2) is 8.40. The number of rotatable bonds is 4. The van der Waals surface area contributed by atoms with E-state index >= 15 is 0 Å². The van der Waals surface area contributed by atoms with Crippen LogP contribution in [-0.4, -0.2) is 36.2 Å². The molecule has 1 unspecified atom stereocenters. The molecule has 32 heavy (non-hydrogen) atoms. The van der Waals surface area contributed by atoms with Crippen molar-refractivity contribution in [1.29, 1.82) is 0 Å². The van der Waals surface area contributed by atoms with Gasteiger partial charge in [0, 0.05) is 31.5 Å². The van der Waals surface area contributed by atoms with Gasteiger partial charge in [-0.1, -0.05) is 31.4 Å². The van der Waals surface area contributed by atoms with Gasteiger partial charge in [0.2, 0.25) is 11.8 Å². The lowest BCUT2D eigenvalue weighted by Crippen LogP contribution is -2.36. The van der Waals surface area contributed by atoms with E-state index in [4.69, 9.17) is 0 Å². The third-order valence-corrected chi connectivity index (χ3v) is 6.05. The fourth-order valence-electron chi connectivity index (χ4n) is 4.53. The van der Waals surface area contributed by atoms with E-state index in [1.54, 1.807) is 6.07 Å². The number of nitrogens with zero attached hydrogens (tertiary/aromatic N) is 4. The van der Waals surface area contributed by atoms with E-state index < -0.39 is 34.0 Å². The molecule has 4 rings (SSSR count). The number of aromatic hydroxyl groups is 1. The average Bonchev–Trinajstić information content (AvgIpc) is 3.19. The van der Waals surface area contributed by atoms with Crippen LogP contribution in [0.2, 0.25) is 0 Å². The number of amides is 1. The van der Waals surface area contributed by atoms with Crippen LogP contribution in [0.25, 0.3) is 0 Å². The fraction of sp³-hybridized carbons (Fsp3) is 0.429. The van der Waals surface area contributed by atoms with Crippen molar-refractivity contribution in [1.82, 2.24) is 14.6 Å².